The lowest BCUT2D eigenvalue weighted by Crippen LogP contribution is -2.53. The Balaban J connectivity index is 2.07. The second-order valence-electron chi connectivity index (χ2n) is 8.74. The third kappa shape index (κ3) is 7.41. The third-order valence-electron chi connectivity index (χ3n) is 6.04. The van der Waals surface area contributed by atoms with Crippen LogP contribution in [0, 0.1) is 6.92 Å². The normalized spacial score (nSPS) is 12.1. The van der Waals surface area contributed by atoms with Crippen LogP contribution in [0.1, 0.15) is 16.7 Å². The number of amides is 2. The van der Waals surface area contributed by atoms with Gasteiger partial charge in [0.25, 0.3) is 0 Å². The average Bonchev–Trinajstić information content (AvgIpc) is 2.88. The van der Waals surface area contributed by atoms with Crippen LogP contribution < -0.4 is 9.62 Å². The number of likely N-dealkylation sites (N-methyl/N-ethyl adjacent to an activating group) is 1. The molecule has 3 rings (SSSR count). The van der Waals surface area contributed by atoms with Crippen LogP contribution in [0.25, 0.3) is 0 Å². The highest BCUT2D eigenvalue weighted by atomic mass is 35.5. The van der Waals surface area contributed by atoms with Gasteiger partial charge >= 0.3 is 0 Å². The number of hydrogen-bond acceptors (Lipinski definition) is 4. The summed E-state index contributed by atoms with van der Waals surface area (Å²) in [7, 11) is -2.41. The first-order valence-corrected chi connectivity index (χ1v) is 14.6. The Bertz CT molecular complexity index is 1420. The van der Waals surface area contributed by atoms with E-state index in [0.29, 0.717) is 26.2 Å². The van der Waals surface area contributed by atoms with E-state index in [4.69, 9.17) is 34.8 Å². The molecule has 0 radical (unpaired) electrons. The fraction of sp³-hybridized carbons (Fsp3) is 0.259. The zero-order valence-corrected chi connectivity index (χ0v) is 24.2. The molecule has 0 bridgehead atoms. The Morgan fingerprint density at radius 1 is 0.895 bits per heavy atom. The monoisotopic (exact) mass is 595 g/mol. The molecule has 0 spiro atoms. The van der Waals surface area contributed by atoms with Crippen LogP contribution in [0.4, 0.5) is 5.69 Å². The predicted molar refractivity (Wildman–Crippen MR) is 153 cm³/mol. The minimum Gasteiger partial charge on any atom is -0.357 e. The highest BCUT2D eigenvalue weighted by Crippen LogP contribution is 2.29. The zero-order chi connectivity index (χ0) is 28.0. The van der Waals surface area contributed by atoms with E-state index >= 15 is 0 Å². The molecule has 0 heterocycles. The molecule has 0 aliphatic heterocycles. The van der Waals surface area contributed by atoms with Crippen LogP contribution in [-0.4, -0.2) is 51.0 Å². The van der Waals surface area contributed by atoms with Crippen LogP contribution in [0.15, 0.2) is 66.7 Å². The molecule has 0 saturated carbocycles. The highest BCUT2D eigenvalue weighted by molar-refractivity contribution is 7.92. The number of rotatable bonds is 10. The van der Waals surface area contributed by atoms with Crippen molar-refractivity contribution in [1.29, 1.82) is 0 Å². The van der Waals surface area contributed by atoms with Crippen molar-refractivity contribution in [2.24, 2.45) is 0 Å². The van der Waals surface area contributed by atoms with Gasteiger partial charge in [0, 0.05) is 25.0 Å². The highest BCUT2D eigenvalue weighted by Gasteiger charge is 2.33. The molecule has 1 unspecified atom stereocenters. The average molecular weight is 597 g/mol. The molecule has 0 fully saturated rings. The van der Waals surface area contributed by atoms with Crippen molar-refractivity contribution < 1.29 is 18.0 Å². The summed E-state index contributed by atoms with van der Waals surface area (Å²) in [6.07, 6.45) is 1.23. The smallest absolute Gasteiger partial charge is 0.244 e. The molecule has 38 heavy (non-hydrogen) atoms. The van der Waals surface area contributed by atoms with Crippen molar-refractivity contribution in [3.8, 4) is 0 Å². The van der Waals surface area contributed by atoms with E-state index < -0.39 is 34.4 Å². The maximum atomic E-state index is 13.9. The molecular weight excluding hydrogens is 569 g/mol. The number of halogens is 3. The summed E-state index contributed by atoms with van der Waals surface area (Å²) < 4.78 is 26.7. The molecule has 202 valence electrons. The minimum atomic E-state index is -3.89. The molecule has 2 amide bonds. The van der Waals surface area contributed by atoms with Gasteiger partial charge in [-0.2, -0.15) is 0 Å². The second kappa shape index (κ2) is 12.8. The van der Waals surface area contributed by atoms with E-state index in [2.05, 4.69) is 5.32 Å². The summed E-state index contributed by atoms with van der Waals surface area (Å²) in [6.45, 7) is 1.13. The molecular formula is C27H28Cl3N3O4S. The van der Waals surface area contributed by atoms with E-state index in [1.54, 1.807) is 43.3 Å². The summed E-state index contributed by atoms with van der Waals surface area (Å²) in [5.74, 6) is -0.975. The molecule has 11 heteroatoms. The lowest BCUT2D eigenvalue weighted by atomic mass is 10.0. The fourth-order valence-corrected chi connectivity index (χ4v) is 5.41. The van der Waals surface area contributed by atoms with E-state index in [1.165, 1.54) is 11.9 Å². The number of carbonyl (C=O) groups excluding carboxylic acids is 2. The summed E-state index contributed by atoms with van der Waals surface area (Å²) in [6, 6.07) is 18.1. The second-order valence-corrected chi connectivity index (χ2v) is 11.9. The number of benzene rings is 3. The van der Waals surface area contributed by atoms with Crippen LogP contribution in [0.3, 0.4) is 0 Å². The van der Waals surface area contributed by atoms with E-state index in [9.17, 15) is 18.0 Å². The Morgan fingerprint density at radius 3 is 2.18 bits per heavy atom. The van der Waals surface area contributed by atoms with Gasteiger partial charge in [0.15, 0.2) is 0 Å². The summed E-state index contributed by atoms with van der Waals surface area (Å²) in [4.78, 5) is 28.4. The predicted octanol–water partition coefficient (Wildman–Crippen LogP) is 5.11. The van der Waals surface area contributed by atoms with Gasteiger partial charge in [0.05, 0.1) is 22.0 Å². The van der Waals surface area contributed by atoms with Gasteiger partial charge in [-0.15, -0.1) is 0 Å². The minimum absolute atomic E-state index is 0.00717. The van der Waals surface area contributed by atoms with Gasteiger partial charge in [0.2, 0.25) is 21.8 Å². The number of anilines is 1. The molecule has 3 aromatic rings. The number of nitrogens with one attached hydrogen (secondary N) is 1. The molecule has 7 nitrogen and oxygen atoms in total. The molecule has 0 saturated heterocycles. The Labute approximate surface area is 238 Å². The van der Waals surface area contributed by atoms with Crippen LogP contribution in [0.2, 0.25) is 15.1 Å². The van der Waals surface area contributed by atoms with Crippen molar-refractivity contribution >= 4 is 62.3 Å². The van der Waals surface area contributed by atoms with Crippen LogP contribution >= 0.6 is 34.8 Å². The maximum absolute atomic E-state index is 13.9. The van der Waals surface area contributed by atoms with E-state index in [0.717, 1.165) is 16.1 Å². The largest absolute Gasteiger partial charge is 0.357 e. The Hall–Kier alpha value is -2.78. The van der Waals surface area contributed by atoms with Gasteiger partial charge < -0.3 is 10.2 Å². The molecule has 0 aromatic heterocycles. The van der Waals surface area contributed by atoms with Gasteiger partial charge in [-0.05, 0) is 47.9 Å². The van der Waals surface area contributed by atoms with Crippen molar-refractivity contribution in [3.63, 3.8) is 0 Å². The summed E-state index contributed by atoms with van der Waals surface area (Å²) in [5.41, 5.74) is 2.25. The fourth-order valence-electron chi connectivity index (χ4n) is 4.02. The molecule has 0 aliphatic carbocycles. The molecule has 1 atom stereocenters. The van der Waals surface area contributed by atoms with Crippen LogP contribution in [0.5, 0.6) is 0 Å². The first-order chi connectivity index (χ1) is 17.9. The van der Waals surface area contributed by atoms with Gasteiger partial charge in [-0.25, -0.2) is 8.42 Å². The van der Waals surface area contributed by atoms with Crippen molar-refractivity contribution in [2.45, 2.75) is 25.9 Å². The lowest BCUT2D eigenvalue weighted by molar-refractivity contribution is -0.139. The molecule has 1 N–H and O–H groups in total. The van der Waals surface area contributed by atoms with Crippen molar-refractivity contribution in [1.82, 2.24) is 10.2 Å². The van der Waals surface area contributed by atoms with Crippen molar-refractivity contribution in [3.05, 3.63) is 98.5 Å². The number of carbonyl (C=O) groups is 2. The van der Waals surface area contributed by atoms with Crippen molar-refractivity contribution in [2.75, 3.05) is 24.2 Å². The molecule has 0 aliphatic rings. The summed E-state index contributed by atoms with van der Waals surface area (Å²) >= 11 is 18.5. The third-order valence-corrected chi connectivity index (χ3v) is 8.32. The lowest BCUT2D eigenvalue weighted by Gasteiger charge is -2.33. The number of sulfonamides is 1. The SMILES string of the molecule is CNC(=O)C(Cc1ccccc1)N(Cc1ccc(Cl)c(Cl)c1)C(=O)CN(c1cccc(Cl)c1C)S(C)(=O)=O. The van der Waals surface area contributed by atoms with Gasteiger partial charge in [-0.1, -0.05) is 77.3 Å². The summed E-state index contributed by atoms with van der Waals surface area (Å²) in [5, 5.41) is 3.64. The van der Waals surface area contributed by atoms with Crippen LogP contribution in [-0.2, 0) is 32.6 Å². The van der Waals surface area contributed by atoms with Gasteiger partial charge in [-0.3, -0.25) is 13.9 Å². The first-order valence-electron chi connectivity index (χ1n) is 11.6. The standard InChI is InChI=1S/C27H28Cl3N3O4S/c1-18-21(28)10-7-11-24(18)33(38(3,36)37)17-26(34)32(16-20-12-13-22(29)23(30)14-20)25(27(35)31-2)15-19-8-5-4-6-9-19/h4-14,25H,15-17H2,1-3H3,(H,31,35). The van der Waals surface area contributed by atoms with E-state index in [-0.39, 0.29) is 18.7 Å². The quantitative estimate of drug-likeness (QED) is 0.353. The molecule has 3 aromatic carbocycles. The Morgan fingerprint density at radius 2 is 1.58 bits per heavy atom. The zero-order valence-electron chi connectivity index (χ0n) is 21.1. The Kier molecular flexibility index (Phi) is 10.1. The first kappa shape index (κ1) is 29.8. The topological polar surface area (TPSA) is 86.8 Å². The number of hydrogen-bond donors (Lipinski definition) is 1. The maximum Gasteiger partial charge on any atom is 0.244 e. The van der Waals surface area contributed by atoms with E-state index in [1.807, 2.05) is 30.3 Å². The van der Waals surface area contributed by atoms with Gasteiger partial charge in [0.1, 0.15) is 12.6 Å². The number of nitrogens with zero attached hydrogens (tertiary/aromatic N) is 2.